The minimum absolute atomic E-state index is 0.0112. The largest absolute Gasteiger partial charge is 0.288 e. The molecule has 3 nitrogen and oxygen atoms in total. The van der Waals surface area contributed by atoms with Gasteiger partial charge in [0.1, 0.15) is 5.36 Å². The molecule has 0 fully saturated rings. The Morgan fingerprint density at radius 2 is 1.74 bits per heavy atom. The summed E-state index contributed by atoms with van der Waals surface area (Å²) in [5.74, 6) is 0. The molecule has 0 bridgehead atoms. The number of rotatable bonds is 0. The first-order valence-electron chi connectivity index (χ1n) is 7.01. The third-order valence-corrected chi connectivity index (χ3v) is 6.33. The zero-order valence-electron chi connectivity index (χ0n) is 12.2. The second-order valence-electron chi connectivity index (χ2n) is 5.25. The minimum atomic E-state index is 0.0112. The van der Waals surface area contributed by atoms with Gasteiger partial charge < -0.3 is 0 Å². The Bertz CT molecular complexity index is 1310. The predicted octanol–water partition coefficient (Wildman–Crippen LogP) is 3.89. The summed E-state index contributed by atoms with van der Waals surface area (Å²) in [6.07, 6.45) is 1.88. The van der Waals surface area contributed by atoms with Gasteiger partial charge in [0.2, 0.25) is 11.6 Å². The summed E-state index contributed by atoms with van der Waals surface area (Å²) in [4.78, 5) is 16.9. The van der Waals surface area contributed by atoms with Crippen molar-refractivity contribution in [1.82, 2.24) is 0 Å². The van der Waals surface area contributed by atoms with E-state index in [1.165, 1.54) is 22.7 Å². The first-order valence-corrected chi connectivity index (χ1v) is 8.64. The Morgan fingerprint density at radius 1 is 1.00 bits per heavy atom. The van der Waals surface area contributed by atoms with Crippen molar-refractivity contribution in [3.8, 4) is 6.19 Å². The number of nitriles is 1. The van der Waals surface area contributed by atoms with E-state index in [-0.39, 0.29) is 5.43 Å². The van der Waals surface area contributed by atoms with Crippen molar-refractivity contribution in [1.29, 1.82) is 5.26 Å². The lowest BCUT2D eigenvalue weighted by Gasteiger charge is -2.02. The summed E-state index contributed by atoms with van der Waals surface area (Å²) >= 11 is 3.00. The highest BCUT2D eigenvalue weighted by atomic mass is 32.1. The first-order chi connectivity index (χ1) is 11.2. The van der Waals surface area contributed by atoms with Crippen LogP contribution in [0.4, 0.5) is 0 Å². The fourth-order valence-electron chi connectivity index (χ4n) is 2.69. The fraction of sp³-hybridized carbons (Fsp3) is 0.0556. The molecule has 23 heavy (non-hydrogen) atoms. The zero-order chi connectivity index (χ0) is 16.0. The summed E-state index contributed by atoms with van der Waals surface area (Å²) in [7, 11) is 0. The van der Waals surface area contributed by atoms with Gasteiger partial charge in [-0.05, 0) is 24.6 Å². The third-order valence-electron chi connectivity index (χ3n) is 3.74. The average molecular weight is 334 g/mol. The lowest BCUT2D eigenvalue weighted by molar-refractivity contribution is 1.33. The van der Waals surface area contributed by atoms with Crippen molar-refractivity contribution in [2.75, 3.05) is 0 Å². The highest BCUT2D eigenvalue weighted by molar-refractivity contribution is 7.26. The van der Waals surface area contributed by atoms with E-state index in [9.17, 15) is 4.79 Å². The number of benzene rings is 2. The Kier molecular flexibility index (Phi) is 3.22. The molecular formula is C18H10N2OS2. The van der Waals surface area contributed by atoms with Crippen LogP contribution in [-0.4, -0.2) is 0 Å². The molecule has 0 N–H and O–H groups in total. The van der Waals surface area contributed by atoms with Crippen molar-refractivity contribution in [3.05, 3.63) is 72.7 Å². The monoisotopic (exact) mass is 334 g/mol. The normalized spacial score (nSPS) is 12.1. The van der Waals surface area contributed by atoms with Gasteiger partial charge in [-0.25, -0.2) is 0 Å². The Morgan fingerprint density at radius 3 is 2.52 bits per heavy atom. The van der Waals surface area contributed by atoms with Crippen LogP contribution in [-0.2, 0) is 0 Å². The number of hydrogen-bond acceptors (Lipinski definition) is 5. The van der Waals surface area contributed by atoms with Crippen molar-refractivity contribution < 1.29 is 0 Å². The second kappa shape index (κ2) is 5.27. The summed E-state index contributed by atoms with van der Waals surface area (Å²) < 4.78 is 3.63. The van der Waals surface area contributed by atoms with Crippen LogP contribution in [0, 0.1) is 27.4 Å². The molecule has 0 saturated carbocycles. The molecular weight excluding hydrogens is 324 g/mol. The maximum Gasteiger partial charge on any atom is 0.206 e. The van der Waals surface area contributed by atoms with E-state index < -0.39 is 0 Å². The molecule has 0 unspecified atom stereocenters. The van der Waals surface area contributed by atoms with Crippen molar-refractivity contribution in [2.45, 2.75) is 6.92 Å². The maximum atomic E-state index is 12.9. The highest BCUT2D eigenvalue weighted by Gasteiger charge is 2.09. The number of aryl methyl sites for hydroxylation is 1. The van der Waals surface area contributed by atoms with E-state index in [1.54, 1.807) is 6.07 Å². The molecule has 0 amide bonds. The van der Waals surface area contributed by atoms with Crippen LogP contribution in [0.2, 0.25) is 0 Å². The van der Waals surface area contributed by atoms with Crippen LogP contribution in [0.5, 0.6) is 0 Å². The molecule has 4 rings (SSSR count). The van der Waals surface area contributed by atoms with Crippen LogP contribution in [0.25, 0.3) is 20.2 Å². The molecule has 0 spiro atoms. The topological polar surface area (TPSA) is 53.2 Å². The van der Waals surface area contributed by atoms with E-state index in [1.807, 2.05) is 31.3 Å². The van der Waals surface area contributed by atoms with Gasteiger partial charge in [0.05, 0.1) is 9.06 Å². The third kappa shape index (κ3) is 2.15. The quantitative estimate of drug-likeness (QED) is 0.458. The standard InChI is InChI=1S/C18H10N2OS2/c1-10-6-7-13-14(8-10)23-18-16(21)12-5-3-2-4-11(12)15(20-9-19)17(18)22-13/h2-8H,1H3. The van der Waals surface area contributed by atoms with Crippen molar-refractivity contribution in [2.24, 2.45) is 4.99 Å². The minimum Gasteiger partial charge on any atom is -0.288 e. The van der Waals surface area contributed by atoms with Crippen LogP contribution in [0.1, 0.15) is 5.56 Å². The Hall–Kier alpha value is -2.55. The van der Waals surface area contributed by atoms with Crippen LogP contribution < -0.4 is 10.8 Å². The predicted molar refractivity (Wildman–Crippen MR) is 94.7 cm³/mol. The highest BCUT2D eigenvalue weighted by Crippen LogP contribution is 2.25. The number of nitrogens with zero attached hydrogens (tertiary/aromatic N) is 2. The van der Waals surface area contributed by atoms with Gasteiger partial charge >= 0.3 is 0 Å². The number of hydrogen-bond donors (Lipinski definition) is 0. The lowest BCUT2D eigenvalue weighted by atomic mass is 10.1. The first kappa shape index (κ1) is 14.1. The SMILES string of the molecule is Cc1ccc2sc3c(=NC#N)c4ccccc4c(=O)c=3sc2c1. The zero-order valence-corrected chi connectivity index (χ0v) is 13.8. The van der Waals surface area contributed by atoms with E-state index in [0.717, 1.165) is 24.9 Å². The Balaban J connectivity index is 2.43. The van der Waals surface area contributed by atoms with E-state index in [4.69, 9.17) is 5.26 Å². The summed E-state index contributed by atoms with van der Waals surface area (Å²) in [6, 6.07) is 13.5. The molecule has 110 valence electrons. The molecule has 5 heteroatoms. The molecule has 2 aromatic carbocycles. The Labute approximate surface area is 139 Å². The molecule has 0 saturated heterocycles. The van der Waals surface area contributed by atoms with Gasteiger partial charge in [-0.15, -0.1) is 22.7 Å². The van der Waals surface area contributed by atoms with Gasteiger partial charge in [-0.3, -0.25) is 4.79 Å². The lowest BCUT2D eigenvalue weighted by Crippen LogP contribution is -2.14. The smallest absolute Gasteiger partial charge is 0.206 e. The van der Waals surface area contributed by atoms with Gasteiger partial charge in [0, 0.05) is 20.2 Å². The second-order valence-corrected chi connectivity index (χ2v) is 7.35. The maximum absolute atomic E-state index is 12.9. The molecule has 0 aromatic heterocycles. The van der Waals surface area contributed by atoms with Crippen molar-refractivity contribution in [3.63, 3.8) is 0 Å². The van der Waals surface area contributed by atoms with E-state index in [0.29, 0.717) is 15.3 Å². The molecule has 1 aliphatic carbocycles. The molecule has 0 radical (unpaired) electrons. The van der Waals surface area contributed by atoms with Gasteiger partial charge in [0.25, 0.3) is 0 Å². The van der Waals surface area contributed by atoms with Gasteiger partial charge in [0.15, 0.2) is 0 Å². The summed E-state index contributed by atoms with van der Waals surface area (Å²) in [6.45, 7) is 2.04. The molecule has 2 aromatic rings. The van der Waals surface area contributed by atoms with Crippen LogP contribution in [0.15, 0.2) is 52.3 Å². The summed E-state index contributed by atoms with van der Waals surface area (Å²) in [5.41, 5.74) is 1.17. The van der Waals surface area contributed by atoms with E-state index >= 15 is 0 Å². The molecule has 2 aliphatic rings. The van der Waals surface area contributed by atoms with Gasteiger partial charge in [-0.2, -0.15) is 10.3 Å². The summed E-state index contributed by atoms with van der Waals surface area (Å²) in [5, 5.41) is 11.0. The fourth-order valence-corrected chi connectivity index (χ4v) is 5.17. The van der Waals surface area contributed by atoms with Crippen LogP contribution in [0.3, 0.4) is 0 Å². The van der Waals surface area contributed by atoms with Crippen LogP contribution >= 0.6 is 22.7 Å². The number of fused-ring (bicyclic) bond motifs is 2. The molecule has 1 aliphatic heterocycles. The molecule has 1 heterocycles. The van der Waals surface area contributed by atoms with E-state index in [2.05, 4.69) is 23.2 Å². The average Bonchev–Trinajstić information content (AvgIpc) is 2.57. The molecule has 0 atom stereocenters. The van der Waals surface area contributed by atoms with Crippen molar-refractivity contribution >= 4 is 42.8 Å². The van der Waals surface area contributed by atoms with Gasteiger partial charge in [-0.1, -0.05) is 30.3 Å².